The minimum atomic E-state index is -0.486. The quantitative estimate of drug-likeness (QED) is 0.902. The number of benzene rings is 1. The van der Waals surface area contributed by atoms with Crippen molar-refractivity contribution in [3.8, 4) is 0 Å². The van der Waals surface area contributed by atoms with Gasteiger partial charge in [0.1, 0.15) is 5.60 Å². The number of nitrogens with one attached hydrogen (secondary N) is 1. The number of halogens is 1. The van der Waals surface area contributed by atoms with E-state index < -0.39 is 5.60 Å². The Balaban J connectivity index is 1.61. The highest BCUT2D eigenvalue weighted by molar-refractivity contribution is 6.32. The van der Waals surface area contributed by atoms with E-state index in [-0.39, 0.29) is 6.09 Å². The molecule has 1 N–H and O–H groups in total. The monoisotopic (exact) mass is 362 g/mol. The molecule has 1 atom stereocenters. The van der Waals surface area contributed by atoms with Crippen LogP contribution in [0.25, 0.3) is 11.0 Å². The van der Waals surface area contributed by atoms with Crippen molar-refractivity contribution in [1.29, 1.82) is 0 Å². The van der Waals surface area contributed by atoms with Crippen LogP contribution in [0.3, 0.4) is 0 Å². The van der Waals surface area contributed by atoms with Crippen LogP contribution in [0, 0.1) is 5.92 Å². The number of anilines is 1. The number of nitrogens with zero attached hydrogens (tertiary/aromatic N) is 3. The van der Waals surface area contributed by atoms with Gasteiger partial charge in [-0.3, -0.25) is 0 Å². The standard InChI is InChI=1S/C18H23ClN4O2/c1-18(2,3)25-17(24)20-10-12-8-9-23(11-12)16-15(19)21-13-6-4-5-7-14(13)22-16/h4-7,12H,8-11H2,1-3H3,(H,20,24)/t12-/m0/s1. The summed E-state index contributed by atoms with van der Waals surface area (Å²) in [5, 5.41) is 3.26. The highest BCUT2D eigenvalue weighted by atomic mass is 35.5. The summed E-state index contributed by atoms with van der Waals surface area (Å²) >= 11 is 6.33. The molecule has 1 amide bonds. The van der Waals surface area contributed by atoms with Crippen LogP contribution in [0.1, 0.15) is 27.2 Å². The molecule has 134 valence electrons. The van der Waals surface area contributed by atoms with E-state index in [1.165, 1.54) is 0 Å². The van der Waals surface area contributed by atoms with Gasteiger partial charge in [0, 0.05) is 19.6 Å². The van der Waals surface area contributed by atoms with E-state index in [4.69, 9.17) is 16.3 Å². The molecule has 0 spiro atoms. The van der Waals surface area contributed by atoms with Crippen molar-refractivity contribution in [3.05, 3.63) is 29.4 Å². The van der Waals surface area contributed by atoms with Gasteiger partial charge in [-0.2, -0.15) is 0 Å². The number of aromatic nitrogens is 2. The van der Waals surface area contributed by atoms with Gasteiger partial charge in [-0.05, 0) is 45.2 Å². The molecule has 1 aromatic heterocycles. The number of carbonyl (C=O) groups is 1. The number of carbonyl (C=O) groups excluding carboxylic acids is 1. The second-order valence-electron chi connectivity index (χ2n) is 7.31. The van der Waals surface area contributed by atoms with Gasteiger partial charge in [-0.1, -0.05) is 23.7 Å². The Labute approximate surface area is 152 Å². The molecule has 7 heteroatoms. The fourth-order valence-corrected chi connectivity index (χ4v) is 3.16. The molecule has 1 saturated heterocycles. The molecule has 0 saturated carbocycles. The van der Waals surface area contributed by atoms with Crippen molar-refractivity contribution in [3.63, 3.8) is 0 Å². The number of hydrogen-bond donors (Lipinski definition) is 1. The zero-order valence-corrected chi connectivity index (χ0v) is 15.5. The summed E-state index contributed by atoms with van der Waals surface area (Å²) in [5.41, 5.74) is 1.14. The van der Waals surface area contributed by atoms with Gasteiger partial charge >= 0.3 is 6.09 Å². The third-order valence-electron chi connectivity index (χ3n) is 4.03. The number of fused-ring (bicyclic) bond motifs is 1. The lowest BCUT2D eigenvalue weighted by Gasteiger charge is -2.21. The number of hydrogen-bond acceptors (Lipinski definition) is 5. The summed E-state index contributed by atoms with van der Waals surface area (Å²) in [6.45, 7) is 7.75. The van der Waals surface area contributed by atoms with Crippen LogP contribution < -0.4 is 10.2 Å². The number of amides is 1. The molecule has 0 radical (unpaired) electrons. The van der Waals surface area contributed by atoms with Crippen molar-refractivity contribution in [2.75, 3.05) is 24.5 Å². The first-order valence-corrected chi connectivity index (χ1v) is 8.84. The SMILES string of the molecule is CC(C)(C)OC(=O)NC[C@@H]1CCN(c2nc3ccccc3nc2Cl)C1. The summed E-state index contributed by atoms with van der Waals surface area (Å²) in [5.74, 6) is 1.04. The zero-order chi connectivity index (χ0) is 18.0. The highest BCUT2D eigenvalue weighted by Crippen LogP contribution is 2.29. The van der Waals surface area contributed by atoms with Gasteiger partial charge in [-0.25, -0.2) is 14.8 Å². The lowest BCUT2D eigenvalue weighted by molar-refractivity contribution is 0.0520. The van der Waals surface area contributed by atoms with Crippen molar-refractivity contribution < 1.29 is 9.53 Å². The van der Waals surface area contributed by atoms with Crippen molar-refractivity contribution in [1.82, 2.24) is 15.3 Å². The fourth-order valence-electron chi connectivity index (χ4n) is 2.90. The van der Waals surface area contributed by atoms with E-state index in [1.54, 1.807) is 0 Å². The van der Waals surface area contributed by atoms with E-state index in [0.717, 1.165) is 30.5 Å². The van der Waals surface area contributed by atoms with Gasteiger partial charge in [0.05, 0.1) is 11.0 Å². The number of alkyl carbamates (subject to hydrolysis) is 1. The lowest BCUT2D eigenvalue weighted by atomic mass is 10.1. The average molecular weight is 363 g/mol. The van der Waals surface area contributed by atoms with Gasteiger partial charge in [0.25, 0.3) is 0 Å². The molecule has 6 nitrogen and oxygen atoms in total. The third kappa shape index (κ3) is 4.51. The topological polar surface area (TPSA) is 67.3 Å². The van der Waals surface area contributed by atoms with Crippen LogP contribution in [0.4, 0.5) is 10.6 Å². The van der Waals surface area contributed by atoms with Gasteiger partial charge < -0.3 is 15.0 Å². The Morgan fingerprint density at radius 2 is 2.00 bits per heavy atom. The molecule has 25 heavy (non-hydrogen) atoms. The Kier molecular flexibility index (Phi) is 4.99. The van der Waals surface area contributed by atoms with E-state index in [0.29, 0.717) is 23.4 Å². The Bertz CT molecular complexity index is 775. The van der Waals surface area contributed by atoms with Gasteiger partial charge in [0.2, 0.25) is 0 Å². The van der Waals surface area contributed by atoms with Crippen molar-refractivity contribution >= 4 is 34.5 Å². The van der Waals surface area contributed by atoms with Crippen molar-refractivity contribution in [2.24, 2.45) is 5.92 Å². The second-order valence-corrected chi connectivity index (χ2v) is 7.67. The molecular formula is C18H23ClN4O2. The Morgan fingerprint density at radius 3 is 2.68 bits per heavy atom. The molecule has 1 fully saturated rings. The first-order valence-electron chi connectivity index (χ1n) is 8.46. The largest absolute Gasteiger partial charge is 0.444 e. The van der Waals surface area contributed by atoms with Crippen LogP contribution in [-0.4, -0.2) is 41.3 Å². The normalized spacial score (nSPS) is 17.8. The summed E-state index contributed by atoms with van der Waals surface area (Å²) in [4.78, 5) is 23.0. The first-order chi connectivity index (χ1) is 11.8. The molecule has 0 unspecified atom stereocenters. The minimum Gasteiger partial charge on any atom is -0.444 e. The number of rotatable bonds is 3. The predicted octanol–water partition coefficient (Wildman–Crippen LogP) is 3.63. The molecule has 0 aliphatic carbocycles. The summed E-state index contributed by atoms with van der Waals surface area (Å²) in [6, 6.07) is 7.68. The summed E-state index contributed by atoms with van der Waals surface area (Å²) in [7, 11) is 0. The van der Waals surface area contributed by atoms with Crippen LogP contribution in [-0.2, 0) is 4.74 Å². The molecular weight excluding hydrogens is 340 g/mol. The summed E-state index contributed by atoms with van der Waals surface area (Å²) in [6.07, 6.45) is 0.579. The maximum absolute atomic E-state index is 11.8. The minimum absolute atomic E-state index is 0.330. The third-order valence-corrected chi connectivity index (χ3v) is 4.28. The fraction of sp³-hybridized carbons (Fsp3) is 0.500. The highest BCUT2D eigenvalue weighted by Gasteiger charge is 2.27. The van der Waals surface area contributed by atoms with E-state index in [1.807, 2.05) is 45.0 Å². The zero-order valence-electron chi connectivity index (χ0n) is 14.8. The second kappa shape index (κ2) is 7.04. The lowest BCUT2D eigenvalue weighted by Crippen LogP contribution is -2.36. The van der Waals surface area contributed by atoms with Crippen molar-refractivity contribution in [2.45, 2.75) is 32.8 Å². The van der Waals surface area contributed by atoms with Crippen LogP contribution in [0.15, 0.2) is 24.3 Å². The van der Waals surface area contributed by atoms with Crippen LogP contribution in [0.5, 0.6) is 0 Å². The molecule has 0 bridgehead atoms. The number of para-hydroxylation sites is 2. The van der Waals surface area contributed by atoms with E-state index >= 15 is 0 Å². The number of ether oxygens (including phenoxy) is 1. The first kappa shape index (κ1) is 17.7. The van der Waals surface area contributed by atoms with Gasteiger partial charge in [-0.15, -0.1) is 0 Å². The maximum atomic E-state index is 11.8. The molecule has 2 heterocycles. The molecule has 1 aliphatic heterocycles. The smallest absolute Gasteiger partial charge is 0.407 e. The molecule has 3 rings (SSSR count). The van der Waals surface area contributed by atoms with E-state index in [2.05, 4.69) is 20.2 Å². The van der Waals surface area contributed by atoms with Gasteiger partial charge in [0.15, 0.2) is 11.0 Å². The van der Waals surface area contributed by atoms with E-state index in [9.17, 15) is 4.79 Å². The molecule has 1 aromatic carbocycles. The van der Waals surface area contributed by atoms with Crippen LogP contribution >= 0.6 is 11.6 Å². The average Bonchev–Trinajstić information content (AvgIpc) is 2.99. The predicted molar refractivity (Wildman–Crippen MR) is 99.1 cm³/mol. The van der Waals surface area contributed by atoms with Crippen LogP contribution in [0.2, 0.25) is 5.15 Å². The maximum Gasteiger partial charge on any atom is 0.407 e. The molecule has 2 aromatic rings. The Morgan fingerprint density at radius 1 is 1.32 bits per heavy atom. The summed E-state index contributed by atoms with van der Waals surface area (Å²) < 4.78 is 5.27. The molecule has 1 aliphatic rings. The Hall–Kier alpha value is -2.08.